The summed E-state index contributed by atoms with van der Waals surface area (Å²) >= 11 is 12.9. The summed E-state index contributed by atoms with van der Waals surface area (Å²) in [5.74, 6) is -0.0630. The van der Waals surface area contributed by atoms with Gasteiger partial charge in [-0.1, -0.05) is 92.5 Å². The van der Waals surface area contributed by atoms with E-state index in [9.17, 15) is 9.59 Å². The Balaban J connectivity index is 1.89. The van der Waals surface area contributed by atoms with E-state index in [4.69, 9.17) is 27.9 Å². The molecule has 3 aromatic rings. The fourth-order valence-electron chi connectivity index (χ4n) is 3.85. The second kappa shape index (κ2) is 12.3. The Labute approximate surface area is 223 Å². The van der Waals surface area contributed by atoms with Crippen molar-refractivity contribution in [2.75, 3.05) is 13.7 Å². The molecule has 2 amide bonds. The number of hydrogen-bond donors (Lipinski definition) is 1. The van der Waals surface area contributed by atoms with E-state index in [0.717, 1.165) is 5.56 Å². The van der Waals surface area contributed by atoms with Crippen molar-refractivity contribution in [3.63, 3.8) is 0 Å². The minimum atomic E-state index is -0.788. The van der Waals surface area contributed by atoms with Crippen molar-refractivity contribution in [1.29, 1.82) is 0 Å². The van der Waals surface area contributed by atoms with Gasteiger partial charge in [0.1, 0.15) is 11.8 Å². The van der Waals surface area contributed by atoms with Gasteiger partial charge in [0.15, 0.2) is 6.61 Å². The number of amides is 2. The summed E-state index contributed by atoms with van der Waals surface area (Å²) in [5, 5.41) is 3.54. The molecule has 190 valence electrons. The number of benzene rings is 3. The number of likely N-dealkylation sites (N-methyl/N-ethyl adjacent to an activating group) is 1. The molecule has 0 heterocycles. The summed E-state index contributed by atoms with van der Waals surface area (Å²) < 4.78 is 5.84. The van der Waals surface area contributed by atoms with Crippen LogP contribution in [-0.4, -0.2) is 36.4 Å². The Morgan fingerprint density at radius 3 is 2.08 bits per heavy atom. The molecule has 1 N–H and O–H groups in total. The van der Waals surface area contributed by atoms with Gasteiger partial charge in [0, 0.05) is 35.6 Å². The molecule has 0 radical (unpaired) electrons. The Morgan fingerprint density at radius 2 is 1.53 bits per heavy atom. The SMILES string of the molecule is CNC(=O)[C@@H](Cc1ccccc1)N(Cc1c(Cl)cccc1Cl)C(=O)COc1ccc(C(C)(C)C)cc1. The van der Waals surface area contributed by atoms with Crippen LogP contribution in [0.25, 0.3) is 0 Å². The van der Waals surface area contributed by atoms with Gasteiger partial charge in [-0.2, -0.15) is 0 Å². The van der Waals surface area contributed by atoms with Crippen molar-refractivity contribution >= 4 is 35.0 Å². The summed E-state index contributed by atoms with van der Waals surface area (Å²) in [5.41, 5.74) is 2.68. The summed E-state index contributed by atoms with van der Waals surface area (Å²) in [6.45, 7) is 6.23. The van der Waals surface area contributed by atoms with Gasteiger partial charge in [0.05, 0.1) is 0 Å². The molecule has 0 unspecified atom stereocenters. The van der Waals surface area contributed by atoms with Crippen LogP contribution >= 0.6 is 23.2 Å². The van der Waals surface area contributed by atoms with Gasteiger partial charge in [0.2, 0.25) is 5.91 Å². The lowest BCUT2D eigenvalue weighted by Gasteiger charge is -2.31. The molecule has 0 aliphatic carbocycles. The highest BCUT2D eigenvalue weighted by Crippen LogP contribution is 2.28. The molecule has 3 aromatic carbocycles. The van der Waals surface area contributed by atoms with Crippen LogP contribution in [-0.2, 0) is 28.0 Å². The molecule has 1 atom stereocenters. The minimum Gasteiger partial charge on any atom is -0.484 e. The molecule has 7 heteroatoms. The van der Waals surface area contributed by atoms with Crippen molar-refractivity contribution in [1.82, 2.24) is 10.2 Å². The van der Waals surface area contributed by atoms with E-state index in [-0.39, 0.29) is 30.4 Å². The van der Waals surface area contributed by atoms with Crippen LogP contribution in [0.1, 0.15) is 37.5 Å². The number of nitrogens with one attached hydrogen (secondary N) is 1. The molecule has 0 aliphatic heterocycles. The third-order valence-corrected chi connectivity index (χ3v) is 6.70. The number of nitrogens with zero attached hydrogens (tertiary/aromatic N) is 1. The van der Waals surface area contributed by atoms with Crippen LogP contribution in [0.3, 0.4) is 0 Å². The molecular formula is C29H32Cl2N2O3. The molecule has 3 rings (SSSR count). The first-order valence-corrected chi connectivity index (χ1v) is 12.6. The maximum atomic E-state index is 13.6. The second-order valence-electron chi connectivity index (χ2n) is 9.60. The molecule has 36 heavy (non-hydrogen) atoms. The van der Waals surface area contributed by atoms with Crippen molar-refractivity contribution in [3.05, 3.63) is 99.5 Å². The third kappa shape index (κ3) is 7.25. The lowest BCUT2D eigenvalue weighted by molar-refractivity contribution is -0.142. The van der Waals surface area contributed by atoms with Crippen LogP contribution in [0.15, 0.2) is 72.8 Å². The lowest BCUT2D eigenvalue weighted by atomic mass is 9.87. The fourth-order valence-corrected chi connectivity index (χ4v) is 4.37. The number of rotatable bonds is 9. The van der Waals surface area contributed by atoms with E-state index in [1.807, 2.05) is 54.6 Å². The molecule has 0 bridgehead atoms. The summed E-state index contributed by atoms with van der Waals surface area (Å²) in [7, 11) is 1.55. The topological polar surface area (TPSA) is 58.6 Å². The molecular weight excluding hydrogens is 495 g/mol. The van der Waals surface area contributed by atoms with Crippen LogP contribution in [0.5, 0.6) is 5.75 Å². The maximum Gasteiger partial charge on any atom is 0.261 e. The number of hydrogen-bond acceptors (Lipinski definition) is 3. The average molecular weight is 527 g/mol. The number of ether oxygens (including phenoxy) is 1. The Kier molecular flexibility index (Phi) is 9.41. The summed E-state index contributed by atoms with van der Waals surface area (Å²) in [6.07, 6.45) is 0.328. The molecule has 0 aromatic heterocycles. The normalized spacial score (nSPS) is 12.1. The highest BCUT2D eigenvalue weighted by atomic mass is 35.5. The van der Waals surface area contributed by atoms with Gasteiger partial charge < -0.3 is 15.0 Å². The van der Waals surface area contributed by atoms with Gasteiger partial charge >= 0.3 is 0 Å². The van der Waals surface area contributed by atoms with E-state index >= 15 is 0 Å². The molecule has 0 saturated carbocycles. The Bertz CT molecular complexity index is 1160. The van der Waals surface area contributed by atoms with Gasteiger partial charge in [-0.05, 0) is 40.8 Å². The molecule has 5 nitrogen and oxygen atoms in total. The highest BCUT2D eigenvalue weighted by molar-refractivity contribution is 6.36. The largest absolute Gasteiger partial charge is 0.484 e. The summed E-state index contributed by atoms with van der Waals surface area (Å²) in [4.78, 5) is 28.1. The first-order valence-electron chi connectivity index (χ1n) is 11.8. The highest BCUT2D eigenvalue weighted by Gasteiger charge is 2.31. The molecule has 0 saturated heterocycles. The zero-order valence-electron chi connectivity index (χ0n) is 21.1. The lowest BCUT2D eigenvalue weighted by Crippen LogP contribution is -2.51. The number of carbonyl (C=O) groups is 2. The molecule has 0 fully saturated rings. The van der Waals surface area contributed by atoms with Gasteiger partial charge in [-0.25, -0.2) is 0 Å². The Morgan fingerprint density at radius 1 is 0.917 bits per heavy atom. The van der Waals surface area contributed by atoms with Gasteiger partial charge in [0.25, 0.3) is 5.91 Å². The zero-order valence-corrected chi connectivity index (χ0v) is 22.6. The van der Waals surface area contributed by atoms with E-state index in [0.29, 0.717) is 27.8 Å². The van der Waals surface area contributed by atoms with Crippen molar-refractivity contribution in [2.45, 2.75) is 45.2 Å². The van der Waals surface area contributed by atoms with Crippen molar-refractivity contribution in [3.8, 4) is 5.75 Å². The van der Waals surface area contributed by atoms with Gasteiger partial charge in [-0.3, -0.25) is 9.59 Å². The number of halogens is 2. The van der Waals surface area contributed by atoms with Crippen molar-refractivity contribution in [2.24, 2.45) is 0 Å². The van der Waals surface area contributed by atoms with E-state index in [1.165, 1.54) is 10.5 Å². The zero-order chi connectivity index (χ0) is 26.3. The van der Waals surface area contributed by atoms with Crippen molar-refractivity contribution < 1.29 is 14.3 Å². The maximum absolute atomic E-state index is 13.6. The third-order valence-electron chi connectivity index (χ3n) is 5.99. The number of carbonyl (C=O) groups excluding carboxylic acids is 2. The predicted molar refractivity (Wildman–Crippen MR) is 146 cm³/mol. The molecule has 0 aliphatic rings. The second-order valence-corrected chi connectivity index (χ2v) is 10.4. The fraction of sp³-hybridized carbons (Fsp3) is 0.310. The van der Waals surface area contributed by atoms with E-state index in [2.05, 4.69) is 26.1 Å². The first kappa shape index (κ1) is 27.6. The smallest absolute Gasteiger partial charge is 0.261 e. The monoisotopic (exact) mass is 526 g/mol. The van der Waals surface area contributed by atoms with Crippen LogP contribution in [0, 0.1) is 0 Å². The van der Waals surface area contributed by atoms with E-state index in [1.54, 1.807) is 25.2 Å². The summed E-state index contributed by atoms with van der Waals surface area (Å²) in [6, 6.07) is 21.6. The first-order chi connectivity index (χ1) is 17.1. The van der Waals surface area contributed by atoms with E-state index < -0.39 is 6.04 Å². The quantitative estimate of drug-likeness (QED) is 0.368. The van der Waals surface area contributed by atoms with Crippen LogP contribution < -0.4 is 10.1 Å². The minimum absolute atomic E-state index is 0.0115. The predicted octanol–water partition coefficient (Wildman–Crippen LogP) is 6.06. The van der Waals surface area contributed by atoms with Crippen LogP contribution in [0.4, 0.5) is 0 Å². The molecule has 0 spiro atoms. The standard InChI is InChI=1S/C29H32Cl2N2O3/c1-29(2,3)21-13-15-22(16-14-21)36-19-27(34)33(18-23-24(30)11-8-12-25(23)31)26(28(35)32-4)17-20-9-6-5-7-10-20/h5-16,26H,17-19H2,1-4H3,(H,32,35)/t26-/m1/s1. The van der Waals surface area contributed by atoms with Gasteiger partial charge in [-0.15, -0.1) is 0 Å². The van der Waals surface area contributed by atoms with Crippen LogP contribution in [0.2, 0.25) is 10.0 Å². The average Bonchev–Trinajstić information content (AvgIpc) is 2.86. The Hall–Kier alpha value is -3.02.